The molecule has 72 heteroatoms. The summed E-state index contributed by atoms with van der Waals surface area (Å²) in [6, 6.07) is 0. The standard InChI is InChI=1S/C72H97N18O40P7S7/c1-9-36-37(10-50(117-36)85-18-31(3)60(91)79-68(85)98)125-132(104,139)111-24-46-40(12-52(119-46)86-19-32(4)61(92)80-69(86)99)128-136(108,143)115-28-49-42(14-54(122-49)88-21-34(6)63(94)82-71(88)101)129-135(107,142)113-25-45-39(11-51(118-45)84-17-30(2)58(73)76-67(84)97)126-134(106,141)114-26-48-43(15-55(121-48)89-22-35(7)64(95)83-72(89)102)130-137(109,144)116-27-47-41(13-53(120-47)87-20-33(5)62(93)81-70(87)100)127-133(105,140)112-23-44-38(124-131(103,138)110-8)16-56(123-44)90-29-75-57-59(90)77-66(74)78-65(57)96/h17-22,29,36-56H,9-16,23-28H2,1-8H3,(H,103,138)(H,104,139)(H,105,140)(H,106,141)(H,107,142)(H,108,143)(H,109,144)(H2,73,76,97)(H,79,91,98)(H,80,92,99)(H,81,93,100)(H,82,94,101)(H,83,95,102)(H3,74,77,78,96)/t36-,37-,38-,39-,40-,41-,42-,43-,44-,45-,46-,47-,48-,49-,50-,51-,52-,53-,54-,55-,56-,131?,132?,133?,134?,135?,136?,137?/m1/s1. The lowest BCUT2D eigenvalue weighted by molar-refractivity contribution is -0.0582. The molecule has 0 aromatic carbocycles. The Bertz CT molecular complexity index is 7390. The predicted octanol–water partition coefficient (Wildman–Crippen LogP) is -0.475. The van der Waals surface area contributed by atoms with Crippen LogP contribution in [0.2, 0.25) is 0 Å². The highest BCUT2D eigenvalue weighted by Crippen LogP contribution is 2.59. The Kier molecular flexibility index (Phi) is 34.9. The molecule has 28 atom stereocenters. The van der Waals surface area contributed by atoms with E-state index in [2.05, 4.69) is 44.9 Å². The molecule has 58 nitrogen and oxygen atoms in total. The molecule has 7 aliphatic heterocycles. The second kappa shape index (κ2) is 44.9. The minimum Gasteiger partial charge on any atom is -0.383 e. The minimum atomic E-state index is -4.80. The van der Waals surface area contributed by atoms with Gasteiger partial charge in [-0.15, -0.1) is 0 Å². The average Bonchev–Trinajstić information content (AvgIpc) is 1.62. The normalized spacial score (nSPS) is 29.6. The average molecular weight is 2300 g/mol. The van der Waals surface area contributed by atoms with Gasteiger partial charge in [0.1, 0.15) is 86.0 Å². The van der Waals surface area contributed by atoms with E-state index in [4.69, 9.17) is 191 Å². The number of H-pyrrole nitrogens is 6. The summed E-state index contributed by atoms with van der Waals surface area (Å²) >= 11 is 38.7. The zero-order chi connectivity index (χ0) is 104. The Morgan fingerprint density at radius 2 is 0.562 bits per heavy atom. The highest BCUT2D eigenvalue weighted by atomic mass is 32.5. The van der Waals surface area contributed by atoms with Crippen LogP contribution in [-0.4, -0.2) is 243 Å². The second-order valence-electron chi connectivity index (χ2n) is 33.9. The third-order valence-corrected chi connectivity index (χ3v) is 34.9. The summed E-state index contributed by atoms with van der Waals surface area (Å²) in [5, 5.41) is 0. The molecule has 0 spiro atoms. The van der Waals surface area contributed by atoms with Crippen molar-refractivity contribution in [2.45, 2.75) is 229 Å². The molecule has 0 saturated carbocycles. The van der Waals surface area contributed by atoms with Crippen molar-refractivity contribution >= 4 is 153 Å². The molecule has 0 aliphatic carbocycles. The van der Waals surface area contributed by atoms with Gasteiger partial charge >= 0.3 is 81.2 Å². The Morgan fingerprint density at radius 1 is 0.333 bits per heavy atom. The van der Waals surface area contributed by atoms with Crippen molar-refractivity contribution in [2.75, 3.05) is 58.2 Å². The number of ether oxygens (including phenoxy) is 7. The Morgan fingerprint density at radius 3 is 0.819 bits per heavy atom. The van der Waals surface area contributed by atoms with Crippen molar-refractivity contribution in [1.29, 1.82) is 0 Å². The number of aromatic amines is 6. The quantitative estimate of drug-likeness (QED) is 0.0215. The van der Waals surface area contributed by atoms with Crippen molar-refractivity contribution in [3.05, 3.63) is 202 Å². The monoisotopic (exact) mass is 2290 g/mol. The Balaban J connectivity index is 0.632. The van der Waals surface area contributed by atoms with Gasteiger partial charge < -0.3 is 142 Å². The summed E-state index contributed by atoms with van der Waals surface area (Å²) in [5.74, 6) is -0.411. The molecule has 0 radical (unpaired) electrons. The van der Waals surface area contributed by atoms with E-state index >= 15 is 0 Å². The Hall–Kier alpha value is -6.34. The molecule has 15 heterocycles. The van der Waals surface area contributed by atoms with Gasteiger partial charge in [0.15, 0.2) is 11.2 Å². The van der Waals surface area contributed by atoms with Crippen molar-refractivity contribution in [2.24, 2.45) is 0 Å². The van der Waals surface area contributed by atoms with Gasteiger partial charge in [-0.1, -0.05) is 6.92 Å². The highest BCUT2D eigenvalue weighted by molar-refractivity contribution is 8.09. The molecule has 17 N–H and O–H groups in total. The first-order valence-corrected chi connectivity index (χ1v) is 61.4. The van der Waals surface area contributed by atoms with Gasteiger partial charge in [0.25, 0.3) is 33.4 Å². The predicted molar refractivity (Wildman–Crippen MR) is 523 cm³/mol. The van der Waals surface area contributed by atoms with Gasteiger partial charge in [0, 0.05) is 123 Å². The van der Waals surface area contributed by atoms with Crippen LogP contribution in [0.15, 0.2) is 101 Å². The first-order valence-electron chi connectivity index (χ1n) is 43.3. The molecule has 7 saturated heterocycles. The summed E-state index contributed by atoms with van der Waals surface area (Å²) < 4.78 is 134. The molecule has 792 valence electrons. The summed E-state index contributed by atoms with van der Waals surface area (Å²) in [4.78, 5) is 264. The number of nitrogens with one attached hydrogen (secondary N) is 6. The summed E-state index contributed by atoms with van der Waals surface area (Å²) in [6.07, 6.45) is -21.6. The number of aromatic nitrogens is 16. The van der Waals surface area contributed by atoms with Crippen LogP contribution in [0.4, 0.5) is 11.8 Å². The molecule has 0 amide bonds. The number of nitrogen functional groups attached to an aromatic ring is 2. The van der Waals surface area contributed by atoms with Crippen molar-refractivity contribution in [1.82, 2.24) is 76.8 Å². The van der Waals surface area contributed by atoms with Gasteiger partial charge in [0.2, 0.25) is 5.95 Å². The molecule has 15 rings (SSSR count). The fourth-order valence-electron chi connectivity index (χ4n) is 16.5. The van der Waals surface area contributed by atoms with E-state index in [0.29, 0.717) is 0 Å². The smallest absolute Gasteiger partial charge is 0.351 e. The lowest BCUT2D eigenvalue weighted by atomic mass is 10.1. The summed E-state index contributed by atoms with van der Waals surface area (Å²) in [6.45, 7) is -26.4. The molecule has 8 aromatic rings. The number of nitrogens with zero attached hydrogens (tertiary/aromatic N) is 10. The van der Waals surface area contributed by atoms with Gasteiger partial charge in [-0.25, -0.2) is 33.8 Å². The molecule has 7 unspecified atom stereocenters. The van der Waals surface area contributed by atoms with E-state index in [9.17, 15) is 91.8 Å². The number of imidazole rings is 1. The SMILES string of the molecule is CC[C@H]1O[C@@H](n2cc(C)c(=O)[nH]c2=O)C[C@H]1OP(O)(=S)OC[C@H]1O[C@@H](n2cc(C)c(=O)[nH]c2=O)C[C@H]1OP(O)(=S)OC[C@H]1O[C@@H](n2cc(C)c(=O)[nH]c2=O)C[C@H]1OP(O)(=S)OC[C@H]1O[C@@H](n2cc(C)c(N)nc2=O)C[C@H]1OP(O)(=S)OC[C@H]1O[C@@H](n2cc(C)c(=O)[nH]c2=O)C[C@H]1OP(O)(=S)OC[C@H]1O[C@@H](n2cc(C)c(=O)[nH]c2=O)C[C@H]1OP(O)(=S)OC[C@H]1O[C@@H](n2cnc3c(=O)[nH]c(N)nc32)C[C@H]1OP(O)(=S)OC. The fraction of sp³-hybridized carbons (Fsp3) is 0.597. The van der Waals surface area contributed by atoms with Crippen LogP contribution in [-0.2, 0) is 179 Å². The lowest BCUT2D eigenvalue weighted by Gasteiger charge is -2.29. The zero-order valence-corrected chi connectivity index (χ0v) is 88.3. The number of aryl methyl sites for hydroxylation is 6. The number of hydrogen-bond donors (Lipinski definition) is 15. The molecular formula is C72H97N18O40P7S7. The van der Waals surface area contributed by atoms with E-state index in [1.54, 1.807) is 6.92 Å². The maximum Gasteiger partial charge on any atom is 0.351 e. The highest BCUT2D eigenvalue weighted by Gasteiger charge is 2.52. The Labute approximate surface area is 843 Å². The fourth-order valence-corrected chi connectivity index (χ4v) is 26.3. The maximum atomic E-state index is 13.6. The van der Waals surface area contributed by atoms with Crippen LogP contribution in [0.1, 0.15) is 135 Å². The first-order chi connectivity index (χ1) is 67.5. The molecule has 8 aromatic heterocycles. The van der Waals surface area contributed by atoms with E-state index in [1.807, 2.05) is 0 Å². The van der Waals surface area contributed by atoms with Crippen LogP contribution in [0, 0.1) is 41.5 Å². The zero-order valence-electron chi connectivity index (χ0n) is 76.3. The van der Waals surface area contributed by atoms with Crippen LogP contribution >= 0.6 is 47.0 Å². The van der Waals surface area contributed by atoms with Crippen molar-refractivity contribution in [3.63, 3.8) is 0 Å². The van der Waals surface area contributed by atoms with Crippen LogP contribution < -0.4 is 79.0 Å². The van der Waals surface area contributed by atoms with Gasteiger partial charge in [-0.05, 0) is 131 Å². The van der Waals surface area contributed by atoms with E-state index in [0.717, 1.165) is 46.9 Å². The topological polar surface area (TPSA) is 760 Å². The van der Waals surface area contributed by atoms with Crippen LogP contribution in [0.25, 0.3) is 11.2 Å². The number of nitrogens with two attached hydrogens (primary N) is 2. The largest absolute Gasteiger partial charge is 0.383 e. The third-order valence-electron chi connectivity index (χ3n) is 23.7. The first kappa shape index (κ1) is 112. The lowest BCUT2D eigenvalue weighted by Crippen LogP contribution is -2.33. The number of fused-ring (bicyclic) bond motifs is 1. The summed E-state index contributed by atoms with van der Waals surface area (Å²) in [7, 11) is 1.10. The van der Waals surface area contributed by atoms with Crippen molar-refractivity contribution < 1.29 is 131 Å². The molecular weight excluding hydrogens is 2200 g/mol. The second-order valence-corrected chi connectivity index (χ2v) is 53.5. The van der Waals surface area contributed by atoms with Crippen LogP contribution in [0.5, 0.6) is 0 Å². The number of rotatable bonds is 41. The maximum absolute atomic E-state index is 13.6. The van der Waals surface area contributed by atoms with Gasteiger partial charge in [-0.2, -0.15) is 9.97 Å². The minimum absolute atomic E-state index is 0.00422. The molecule has 0 bridgehead atoms. The van der Waals surface area contributed by atoms with Crippen molar-refractivity contribution in [3.8, 4) is 0 Å². The molecule has 7 aliphatic rings. The van der Waals surface area contributed by atoms with Gasteiger partial charge in [-0.3, -0.25) is 90.6 Å². The third kappa shape index (κ3) is 26.9. The van der Waals surface area contributed by atoms with Crippen LogP contribution in [0.3, 0.4) is 0 Å². The number of hydrogen-bond acceptors (Lipinski definition) is 45. The van der Waals surface area contributed by atoms with E-state index < -0.39 is 302 Å². The van der Waals surface area contributed by atoms with Gasteiger partial charge in [0.05, 0.1) is 94.8 Å². The van der Waals surface area contributed by atoms with E-state index in [-0.39, 0.29) is 88.4 Å². The summed E-state index contributed by atoms with van der Waals surface area (Å²) in [5.41, 5.74) is 2.53. The van der Waals surface area contributed by atoms with E-state index in [1.165, 1.54) is 77.2 Å². The number of anilines is 2. The molecule has 7 fully saturated rings. The molecule has 144 heavy (non-hydrogen) atoms.